The van der Waals surface area contributed by atoms with Gasteiger partial charge in [0.25, 0.3) is 23.2 Å². The Morgan fingerprint density at radius 3 is 1.09 bits per heavy atom. The number of non-ortho nitro benzene ring substituents is 2. The summed E-state index contributed by atoms with van der Waals surface area (Å²) < 4.78 is 0. The first-order valence-electron chi connectivity index (χ1n) is 23.0. The number of benzene rings is 4. The van der Waals surface area contributed by atoms with Gasteiger partial charge in [-0.1, -0.05) is 38.1 Å². The summed E-state index contributed by atoms with van der Waals surface area (Å²) in [5.41, 5.74) is 5.91. The van der Waals surface area contributed by atoms with Gasteiger partial charge >= 0.3 is 0 Å². The third kappa shape index (κ3) is 9.96. The summed E-state index contributed by atoms with van der Waals surface area (Å²) in [5, 5.41) is 23.3. The van der Waals surface area contributed by atoms with Crippen LogP contribution in [-0.4, -0.2) is 166 Å². The van der Waals surface area contributed by atoms with Gasteiger partial charge in [-0.3, -0.25) is 34.6 Å². The maximum atomic E-state index is 13.9. The standard InChI is InChI=1S/C49H60N10O7/c1-35(37-5-9-39(10-6-37)52-25-29-56(30-26-52)48(61)43-33-41(58(63)64)13-15-45(43)54-21-17-50(3)18-22-54)47(60)36(2)38-7-11-40(12-8-38)53-27-31-57(32-28-53)49(62)44-34-42(59(65)66)14-16-46(44)55-23-19-51(4)20-24-55/h5-16,33-36H,17-32H2,1-4H3. The molecule has 0 N–H and O–H groups in total. The summed E-state index contributed by atoms with van der Waals surface area (Å²) >= 11 is 0. The zero-order valence-electron chi connectivity index (χ0n) is 38.4. The van der Waals surface area contributed by atoms with Crippen LogP contribution in [0.4, 0.5) is 34.1 Å². The van der Waals surface area contributed by atoms with E-state index in [-0.39, 0.29) is 40.8 Å². The number of carbonyl (C=O) groups is 3. The molecule has 4 saturated heterocycles. The summed E-state index contributed by atoms with van der Waals surface area (Å²) in [7, 11) is 4.12. The molecular formula is C49H60N10O7. The fourth-order valence-corrected chi connectivity index (χ4v) is 9.59. The molecule has 0 bridgehead atoms. The molecule has 17 nitrogen and oxygen atoms in total. The molecule has 0 aliphatic carbocycles. The van der Waals surface area contributed by atoms with Crippen molar-refractivity contribution in [2.75, 3.05) is 138 Å². The van der Waals surface area contributed by atoms with Gasteiger partial charge in [-0.2, -0.15) is 0 Å². The highest BCUT2D eigenvalue weighted by atomic mass is 16.6. The Kier molecular flexibility index (Phi) is 13.8. The Balaban J connectivity index is 0.838. The summed E-state index contributed by atoms with van der Waals surface area (Å²) in [6, 6.07) is 25.4. The van der Waals surface area contributed by atoms with E-state index in [0.29, 0.717) is 63.5 Å². The number of likely N-dealkylation sites (N-methyl/N-ethyl adjacent to an activating group) is 2. The summed E-state index contributed by atoms with van der Waals surface area (Å²) in [6.07, 6.45) is 0. The van der Waals surface area contributed by atoms with Crippen molar-refractivity contribution < 1.29 is 24.2 Å². The average Bonchev–Trinajstić information content (AvgIpc) is 3.35. The zero-order valence-corrected chi connectivity index (χ0v) is 38.4. The van der Waals surface area contributed by atoms with Gasteiger partial charge in [-0.05, 0) is 61.6 Å². The lowest BCUT2D eigenvalue weighted by Gasteiger charge is -2.38. The minimum Gasteiger partial charge on any atom is -0.368 e. The second-order valence-electron chi connectivity index (χ2n) is 18.1. The first-order valence-corrected chi connectivity index (χ1v) is 23.0. The number of carbonyl (C=O) groups excluding carboxylic acids is 3. The van der Waals surface area contributed by atoms with E-state index in [0.717, 1.165) is 86.2 Å². The van der Waals surface area contributed by atoms with Crippen molar-refractivity contribution in [1.29, 1.82) is 0 Å². The lowest BCUT2D eigenvalue weighted by atomic mass is 9.85. The first-order chi connectivity index (χ1) is 31.7. The number of rotatable bonds is 12. The molecule has 2 amide bonds. The molecule has 4 aromatic carbocycles. The van der Waals surface area contributed by atoms with E-state index >= 15 is 0 Å². The maximum absolute atomic E-state index is 13.9. The monoisotopic (exact) mass is 900 g/mol. The Hall–Kier alpha value is -6.59. The fraction of sp³-hybridized carbons (Fsp3) is 0.449. The Morgan fingerprint density at radius 2 is 0.773 bits per heavy atom. The minimum atomic E-state index is -0.451. The molecule has 4 aromatic rings. The van der Waals surface area contributed by atoms with Crippen molar-refractivity contribution in [3.8, 4) is 0 Å². The van der Waals surface area contributed by atoms with Crippen molar-refractivity contribution in [2.45, 2.75) is 25.7 Å². The van der Waals surface area contributed by atoms with Gasteiger partial charge in [0.2, 0.25) is 0 Å². The van der Waals surface area contributed by atoms with E-state index in [4.69, 9.17) is 0 Å². The largest absolute Gasteiger partial charge is 0.368 e. The van der Waals surface area contributed by atoms with Crippen LogP contribution < -0.4 is 19.6 Å². The molecule has 0 saturated carbocycles. The molecular weight excluding hydrogens is 841 g/mol. The van der Waals surface area contributed by atoms with Crippen molar-refractivity contribution in [2.24, 2.45) is 0 Å². The predicted octanol–water partition coefficient (Wildman–Crippen LogP) is 5.41. The lowest BCUT2D eigenvalue weighted by Crippen LogP contribution is -2.49. The van der Waals surface area contributed by atoms with E-state index in [1.165, 1.54) is 24.3 Å². The van der Waals surface area contributed by atoms with E-state index in [1.807, 2.05) is 62.4 Å². The van der Waals surface area contributed by atoms with E-state index in [1.54, 1.807) is 21.9 Å². The molecule has 4 aliphatic heterocycles. The summed E-state index contributed by atoms with van der Waals surface area (Å²) in [6.45, 7) is 14.6. The number of amides is 2. The number of hydrogen-bond donors (Lipinski definition) is 0. The zero-order chi connectivity index (χ0) is 46.6. The summed E-state index contributed by atoms with van der Waals surface area (Å²) in [5.74, 6) is -0.935. The van der Waals surface area contributed by atoms with Crippen LogP contribution in [0.25, 0.3) is 0 Å². The van der Waals surface area contributed by atoms with Crippen molar-refractivity contribution >= 4 is 51.7 Å². The molecule has 8 rings (SSSR count). The SMILES string of the molecule is CC(C(=O)C(C)c1ccc(N2CCN(C(=O)c3cc([N+](=O)[O-])ccc3N3CCN(C)CC3)CC2)cc1)c1ccc(N2CCN(C(=O)c3cc([N+](=O)[O-])ccc3N3CCN(C)CC3)CC2)cc1. The Bertz CT molecular complexity index is 2250. The molecule has 2 unspecified atom stereocenters. The van der Waals surface area contributed by atoms with Gasteiger partial charge in [0.15, 0.2) is 0 Å². The normalized spacial score (nSPS) is 18.5. The van der Waals surface area contributed by atoms with Crippen LogP contribution in [0.5, 0.6) is 0 Å². The second kappa shape index (κ2) is 19.9. The van der Waals surface area contributed by atoms with Gasteiger partial charge in [-0.25, -0.2) is 0 Å². The van der Waals surface area contributed by atoms with Gasteiger partial charge in [0.05, 0.1) is 32.3 Å². The minimum absolute atomic E-state index is 0.0911. The fourth-order valence-electron chi connectivity index (χ4n) is 9.59. The smallest absolute Gasteiger partial charge is 0.270 e. The van der Waals surface area contributed by atoms with Crippen LogP contribution >= 0.6 is 0 Å². The highest BCUT2D eigenvalue weighted by Crippen LogP contribution is 2.33. The van der Waals surface area contributed by atoms with Crippen LogP contribution in [0.1, 0.15) is 57.5 Å². The highest BCUT2D eigenvalue weighted by Gasteiger charge is 2.31. The molecule has 4 fully saturated rings. The third-order valence-electron chi connectivity index (χ3n) is 14.0. The number of piperazine rings is 4. The number of hydrogen-bond acceptors (Lipinski definition) is 13. The molecule has 0 spiro atoms. The second-order valence-corrected chi connectivity index (χ2v) is 18.1. The molecule has 0 radical (unpaired) electrons. The molecule has 17 heteroatoms. The topological polar surface area (TPSA) is 163 Å². The number of ketones is 1. The summed E-state index contributed by atoms with van der Waals surface area (Å²) in [4.78, 5) is 80.9. The molecule has 0 aromatic heterocycles. The number of Topliss-reactive ketones (excluding diaryl/α,β-unsaturated/α-hetero) is 1. The quantitative estimate of drug-likeness (QED) is 0.131. The number of nitrogens with zero attached hydrogens (tertiary/aromatic N) is 10. The number of nitro groups is 2. The van der Waals surface area contributed by atoms with Gasteiger partial charge in [0.1, 0.15) is 5.78 Å². The van der Waals surface area contributed by atoms with Crippen LogP contribution in [0.15, 0.2) is 84.9 Å². The molecule has 4 heterocycles. The Labute approximate surface area is 386 Å². The van der Waals surface area contributed by atoms with Crippen LogP contribution in [0.3, 0.4) is 0 Å². The molecule has 4 aliphatic rings. The molecule has 348 valence electrons. The highest BCUT2D eigenvalue weighted by molar-refractivity contribution is 6.01. The number of nitro benzene ring substituents is 2. The molecule has 2 atom stereocenters. The van der Waals surface area contributed by atoms with Crippen LogP contribution in [0, 0.1) is 20.2 Å². The third-order valence-corrected chi connectivity index (χ3v) is 14.0. The van der Waals surface area contributed by atoms with E-state index < -0.39 is 9.85 Å². The van der Waals surface area contributed by atoms with Crippen molar-refractivity contribution in [3.05, 3.63) is 127 Å². The van der Waals surface area contributed by atoms with Crippen molar-refractivity contribution in [3.63, 3.8) is 0 Å². The average molecular weight is 901 g/mol. The first kappa shape index (κ1) is 46.0. The Morgan fingerprint density at radius 1 is 0.455 bits per heavy atom. The van der Waals surface area contributed by atoms with Crippen LogP contribution in [-0.2, 0) is 4.79 Å². The van der Waals surface area contributed by atoms with Crippen LogP contribution in [0.2, 0.25) is 0 Å². The molecule has 66 heavy (non-hydrogen) atoms. The lowest BCUT2D eigenvalue weighted by molar-refractivity contribution is -0.385. The van der Waals surface area contributed by atoms with Gasteiger partial charge in [0, 0.05) is 152 Å². The van der Waals surface area contributed by atoms with E-state index in [2.05, 4.69) is 43.5 Å². The maximum Gasteiger partial charge on any atom is 0.270 e. The number of anilines is 4. The van der Waals surface area contributed by atoms with Gasteiger partial charge in [-0.15, -0.1) is 0 Å². The predicted molar refractivity (Wildman–Crippen MR) is 257 cm³/mol. The van der Waals surface area contributed by atoms with E-state index in [9.17, 15) is 34.6 Å². The van der Waals surface area contributed by atoms with Gasteiger partial charge < -0.3 is 39.2 Å². The van der Waals surface area contributed by atoms with Crippen molar-refractivity contribution in [1.82, 2.24) is 19.6 Å².